The minimum Gasteiger partial charge on any atom is -0.313 e. The second kappa shape index (κ2) is 6.33. The van der Waals surface area contributed by atoms with Crippen molar-refractivity contribution in [1.82, 2.24) is 15.6 Å². The maximum Gasteiger partial charge on any atom is 0.109 e. The minimum atomic E-state index is 0.380. The van der Waals surface area contributed by atoms with E-state index in [1.165, 1.54) is 30.7 Å². The smallest absolute Gasteiger partial charge is 0.109 e. The van der Waals surface area contributed by atoms with Crippen molar-refractivity contribution < 1.29 is 0 Å². The van der Waals surface area contributed by atoms with E-state index < -0.39 is 0 Å². The van der Waals surface area contributed by atoms with E-state index in [1.807, 2.05) is 11.6 Å². The van der Waals surface area contributed by atoms with Gasteiger partial charge in [0.1, 0.15) is 5.01 Å². The Balaban J connectivity index is 1.57. The molecule has 1 unspecified atom stereocenters. The van der Waals surface area contributed by atoms with Gasteiger partial charge < -0.3 is 10.6 Å². The van der Waals surface area contributed by atoms with Crippen LogP contribution in [0.3, 0.4) is 0 Å². The summed E-state index contributed by atoms with van der Waals surface area (Å²) in [5, 5.41) is 10.3. The number of aromatic nitrogens is 1. The highest BCUT2D eigenvalue weighted by Crippen LogP contribution is 2.17. The van der Waals surface area contributed by atoms with Crippen molar-refractivity contribution in [1.29, 1.82) is 0 Å². The zero-order valence-corrected chi connectivity index (χ0v) is 10.7. The normalized spacial score (nSPS) is 19.1. The summed E-state index contributed by atoms with van der Waals surface area (Å²) >= 11 is 1.72. The summed E-state index contributed by atoms with van der Waals surface area (Å²) in [5.74, 6) is 0. The Hall–Kier alpha value is -0.450. The van der Waals surface area contributed by atoms with Crippen LogP contribution in [0.25, 0.3) is 0 Å². The summed E-state index contributed by atoms with van der Waals surface area (Å²) < 4.78 is 0. The summed E-state index contributed by atoms with van der Waals surface area (Å²) in [6.45, 7) is 4.27. The molecule has 0 aliphatic heterocycles. The Kier molecular flexibility index (Phi) is 4.75. The molecular weight excluding hydrogens is 218 g/mol. The molecule has 0 aromatic carbocycles. The number of thiazole rings is 1. The van der Waals surface area contributed by atoms with Crippen LogP contribution >= 0.6 is 11.3 Å². The summed E-state index contributed by atoms with van der Waals surface area (Å²) in [6.07, 6.45) is 7.40. The van der Waals surface area contributed by atoms with E-state index in [9.17, 15) is 0 Å². The first kappa shape index (κ1) is 12.0. The molecule has 0 bridgehead atoms. The van der Waals surface area contributed by atoms with Gasteiger partial charge in [-0.05, 0) is 19.8 Å². The topological polar surface area (TPSA) is 37.0 Å². The second-order valence-electron chi connectivity index (χ2n) is 4.48. The number of rotatable bonds is 6. The zero-order chi connectivity index (χ0) is 11.2. The standard InChI is InChI=1S/C12H21N3S/c1-10(12-15-8-9-16-12)13-6-7-14-11-4-2-3-5-11/h8-11,13-14H,2-7H2,1H3. The van der Waals surface area contributed by atoms with E-state index >= 15 is 0 Å². The zero-order valence-electron chi connectivity index (χ0n) is 9.91. The van der Waals surface area contributed by atoms with Gasteiger partial charge in [-0.1, -0.05) is 12.8 Å². The van der Waals surface area contributed by atoms with Gasteiger partial charge in [0.15, 0.2) is 0 Å². The highest BCUT2D eigenvalue weighted by Gasteiger charge is 2.13. The fourth-order valence-corrected chi connectivity index (χ4v) is 2.90. The molecule has 1 aromatic heterocycles. The fourth-order valence-electron chi connectivity index (χ4n) is 2.23. The average molecular weight is 239 g/mol. The van der Waals surface area contributed by atoms with E-state index in [2.05, 4.69) is 22.5 Å². The largest absolute Gasteiger partial charge is 0.313 e. The molecule has 0 amide bonds. The molecule has 3 nitrogen and oxygen atoms in total. The van der Waals surface area contributed by atoms with Gasteiger partial charge in [-0.15, -0.1) is 11.3 Å². The van der Waals surface area contributed by atoms with Gasteiger partial charge in [-0.25, -0.2) is 4.98 Å². The molecule has 1 aliphatic carbocycles. The molecular formula is C12H21N3S. The van der Waals surface area contributed by atoms with Gasteiger partial charge in [0.25, 0.3) is 0 Å². The van der Waals surface area contributed by atoms with E-state index in [-0.39, 0.29) is 0 Å². The Labute approximate surface area is 102 Å². The summed E-state index contributed by atoms with van der Waals surface area (Å²) in [6, 6.07) is 1.15. The highest BCUT2D eigenvalue weighted by molar-refractivity contribution is 7.09. The molecule has 1 atom stereocenters. The molecule has 0 saturated heterocycles. The maximum atomic E-state index is 4.31. The number of nitrogens with zero attached hydrogens (tertiary/aromatic N) is 1. The Bertz CT molecular complexity index is 280. The summed E-state index contributed by atoms with van der Waals surface area (Å²) in [7, 11) is 0. The first-order chi connectivity index (χ1) is 7.86. The Morgan fingerprint density at radius 1 is 1.44 bits per heavy atom. The van der Waals surface area contributed by atoms with Crippen molar-refractivity contribution in [3.05, 3.63) is 16.6 Å². The summed E-state index contributed by atoms with van der Waals surface area (Å²) in [5.41, 5.74) is 0. The van der Waals surface area contributed by atoms with Crippen molar-refractivity contribution in [2.45, 2.75) is 44.7 Å². The SMILES string of the molecule is CC(NCCNC1CCCC1)c1nccs1. The van der Waals surface area contributed by atoms with Gasteiger partial charge in [-0.2, -0.15) is 0 Å². The lowest BCUT2D eigenvalue weighted by Gasteiger charge is -2.14. The van der Waals surface area contributed by atoms with Gasteiger partial charge in [-0.3, -0.25) is 0 Å². The van der Waals surface area contributed by atoms with E-state index in [4.69, 9.17) is 0 Å². The second-order valence-corrected chi connectivity index (χ2v) is 5.41. The molecule has 1 aromatic rings. The van der Waals surface area contributed by atoms with Crippen LogP contribution in [-0.2, 0) is 0 Å². The molecule has 2 rings (SSSR count). The van der Waals surface area contributed by atoms with Crippen LogP contribution in [0, 0.1) is 0 Å². The molecule has 2 N–H and O–H groups in total. The third kappa shape index (κ3) is 3.54. The van der Waals surface area contributed by atoms with Crippen molar-refractivity contribution >= 4 is 11.3 Å². The first-order valence-corrected chi connectivity index (χ1v) is 7.10. The maximum absolute atomic E-state index is 4.31. The molecule has 90 valence electrons. The number of nitrogens with one attached hydrogen (secondary N) is 2. The van der Waals surface area contributed by atoms with Gasteiger partial charge in [0, 0.05) is 30.7 Å². The first-order valence-electron chi connectivity index (χ1n) is 6.22. The van der Waals surface area contributed by atoms with Gasteiger partial charge in [0.05, 0.1) is 6.04 Å². The predicted molar refractivity (Wildman–Crippen MR) is 68.8 cm³/mol. The lowest BCUT2D eigenvalue weighted by Crippen LogP contribution is -2.34. The number of hydrogen-bond donors (Lipinski definition) is 2. The Morgan fingerprint density at radius 3 is 2.94 bits per heavy atom. The lowest BCUT2D eigenvalue weighted by atomic mass is 10.2. The van der Waals surface area contributed by atoms with Crippen LogP contribution in [0.2, 0.25) is 0 Å². The van der Waals surface area contributed by atoms with E-state index in [1.54, 1.807) is 11.3 Å². The molecule has 16 heavy (non-hydrogen) atoms. The van der Waals surface area contributed by atoms with Crippen molar-refractivity contribution in [2.24, 2.45) is 0 Å². The lowest BCUT2D eigenvalue weighted by molar-refractivity contribution is 0.487. The van der Waals surface area contributed by atoms with Crippen LogP contribution in [0.4, 0.5) is 0 Å². The van der Waals surface area contributed by atoms with Crippen LogP contribution in [0.5, 0.6) is 0 Å². The van der Waals surface area contributed by atoms with Crippen LogP contribution in [0.1, 0.15) is 43.7 Å². The quantitative estimate of drug-likeness (QED) is 0.748. The van der Waals surface area contributed by atoms with Gasteiger partial charge in [0.2, 0.25) is 0 Å². The third-order valence-corrected chi connectivity index (χ3v) is 4.14. The number of hydrogen-bond acceptors (Lipinski definition) is 4. The van der Waals surface area contributed by atoms with Gasteiger partial charge >= 0.3 is 0 Å². The van der Waals surface area contributed by atoms with Crippen LogP contribution in [0.15, 0.2) is 11.6 Å². The van der Waals surface area contributed by atoms with E-state index in [0.29, 0.717) is 6.04 Å². The molecule has 0 radical (unpaired) electrons. The molecule has 0 spiro atoms. The summed E-state index contributed by atoms with van der Waals surface area (Å²) in [4.78, 5) is 4.31. The fraction of sp³-hybridized carbons (Fsp3) is 0.750. The van der Waals surface area contributed by atoms with Crippen molar-refractivity contribution in [3.8, 4) is 0 Å². The predicted octanol–water partition coefficient (Wildman–Crippen LogP) is 2.33. The minimum absolute atomic E-state index is 0.380. The average Bonchev–Trinajstić information content (AvgIpc) is 2.96. The molecule has 1 heterocycles. The molecule has 1 saturated carbocycles. The van der Waals surface area contributed by atoms with Crippen LogP contribution < -0.4 is 10.6 Å². The van der Waals surface area contributed by atoms with Crippen LogP contribution in [-0.4, -0.2) is 24.1 Å². The monoisotopic (exact) mass is 239 g/mol. The third-order valence-electron chi connectivity index (χ3n) is 3.19. The van der Waals surface area contributed by atoms with Crippen molar-refractivity contribution in [3.63, 3.8) is 0 Å². The molecule has 4 heteroatoms. The molecule has 1 aliphatic rings. The van der Waals surface area contributed by atoms with E-state index in [0.717, 1.165) is 19.1 Å². The molecule has 1 fully saturated rings. The van der Waals surface area contributed by atoms with Crippen molar-refractivity contribution in [2.75, 3.05) is 13.1 Å². The Morgan fingerprint density at radius 2 is 2.25 bits per heavy atom. The highest BCUT2D eigenvalue weighted by atomic mass is 32.1.